The monoisotopic (exact) mass is 305 g/mol. The van der Waals surface area contributed by atoms with Gasteiger partial charge in [-0.15, -0.1) is 0 Å². The second-order valence-electron chi connectivity index (χ2n) is 5.79. The predicted octanol–water partition coefficient (Wildman–Crippen LogP) is 3.11. The number of carboxylic acids is 1. The third-order valence-electron chi connectivity index (χ3n) is 4.49. The molecule has 1 fully saturated rings. The molecule has 2 bridgehead atoms. The summed E-state index contributed by atoms with van der Waals surface area (Å²) in [6, 6.07) is 5.29. The number of benzene rings is 1. The van der Waals surface area contributed by atoms with Crippen molar-refractivity contribution >= 4 is 29.2 Å². The lowest BCUT2D eigenvalue weighted by Crippen LogP contribution is -2.36. The number of carbonyl (C=O) groups excluding carboxylic acids is 1. The SMILES string of the molecule is Cc1ccc(NC(=O)[C@H]2[C@@H](C(=O)O)[C@H]3C=C[C@@H]2C3)cc1Cl. The van der Waals surface area contributed by atoms with Gasteiger partial charge in [-0.1, -0.05) is 29.8 Å². The number of nitrogens with one attached hydrogen (secondary N) is 1. The average molecular weight is 306 g/mol. The van der Waals surface area contributed by atoms with E-state index in [0.717, 1.165) is 12.0 Å². The number of aryl methyl sites for hydroxylation is 1. The number of anilines is 1. The van der Waals surface area contributed by atoms with Crippen molar-refractivity contribution in [1.29, 1.82) is 0 Å². The molecule has 0 aliphatic heterocycles. The molecule has 1 saturated carbocycles. The van der Waals surface area contributed by atoms with Crippen LogP contribution in [0.5, 0.6) is 0 Å². The van der Waals surface area contributed by atoms with Crippen LogP contribution < -0.4 is 5.32 Å². The first-order valence-electron chi connectivity index (χ1n) is 6.95. The molecule has 1 aromatic carbocycles. The van der Waals surface area contributed by atoms with Crippen LogP contribution in [0.1, 0.15) is 12.0 Å². The first-order valence-corrected chi connectivity index (χ1v) is 7.33. The van der Waals surface area contributed by atoms with E-state index in [1.807, 2.05) is 25.1 Å². The zero-order chi connectivity index (χ0) is 15.1. The van der Waals surface area contributed by atoms with Gasteiger partial charge in [-0.3, -0.25) is 9.59 Å². The summed E-state index contributed by atoms with van der Waals surface area (Å²) < 4.78 is 0. The molecule has 2 aliphatic rings. The van der Waals surface area contributed by atoms with Crippen LogP contribution in [0, 0.1) is 30.6 Å². The van der Waals surface area contributed by atoms with Gasteiger partial charge in [0.15, 0.2) is 0 Å². The Hall–Kier alpha value is -1.81. The zero-order valence-corrected chi connectivity index (χ0v) is 12.3. The first kappa shape index (κ1) is 14.1. The maximum Gasteiger partial charge on any atom is 0.307 e. The Morgan fingerprint density at radius 1 is 1.24 bits per heavy atom. The van der Waals surface area contributed by atoms with Crippen molar-refractivity contribution in [2.45, 2.75) is 13.3 Å². The van der Waals surface area contributed by atoms with Gasteiger partial charge in [0, 0.05) is 10.7 Å². The van der Waals surface area contributed by atoms with Crippen molar-refractivity contribution in [3.8, 4) is 0 Å². The Kier molecular flexibility index (Phi) is 3.49. The summed E-state index contributed by atoms with van der Waals surface area (Å²) in [5.41, 5.74) is 1.53. The standard InChI is InChI=1S/C16H16ClNO3/c1-8-2-5-11(7-12(8)17)18-15(19)13-9-3-4-10(6-9)14(13)16(20)21/h2-5,7,9-10,13-14H,6H2,1H3,(H,18,19)(H,20,21)/t9-,10+,13-,14+/m1/s1. The Morgan fingerprint density at radius 3 is 2.52 bits per heavy atom. The van der Waals surface area contributed by atoms with Crippen LogP contribution in [-0.4, -0.2) is 17.0 Å². The molecule has 0 heterocycles. The van der Waals surface area contributed by atoms with Crippen molar-refractivity contribution < 1.29 is 14.7 Å². The zero-order valence-electron chi connectivity index (χ0n) is 11.5. The van der Waals surface area contributed by atoms with E-state index in [4.69, 9.17) is 11.6 Å². The lowest BCUT2D eigenvalue weighted by molar-refractivity contribution is -0.146. The van der Waals surface area contributed by atoms with E-state index in [2.05, 4.69) is 5.32 Å². The molecule has 1 amide bonds. The average Bonchev–Trinajstić information content (AvgIpc) is 3.03. The minimum absolute atomic E-state index is 0.0233. The highest BCUT2D eigenvalue weighted by atomic mass is 35.5. The van der Waals surface area contributed by atoms with Gasteiger partial charge in [0.1, 0.15) is 0 Å². The molecule has 0 saturated heterocycles. The van der Waals surface area contributed by atoms with E-state index in [9.17, 15) is 14.7 Å². The van der Waals surface area contributed by atoms with Crippen molar-refractivity contribution in [2.24, 2.45) is 23.7 Å². The molecule has 21 heavy (non-hydrogen) atoms. The fourth-order valence-electron chi connectivity index (χ4n) is 3.41. The van der Waals surface area contributed by atoms with Crippen LogP contribution in [0.2, 0.25) is 5.02 Å². The Labute approximate surface area is 127 Å². The van der Waals surface area contributed by atoms with E-state index >= 15 is 0 Å². The van der Waals surface area contributed by atoms with E-state index in [1.165, 1.54) is 0 Å². The fourth-order valence-corrected chi connectivity index (χ4v) is 3.59. The lowest BCUT2D eigenvalue weighted by atomic mass is 9.82. The minimum Gasteiger partial charge on any atom is -0.481 e. The summed E-state index contributed by atoms with van der Waals surface area (Å²) in [5.74, 6) is -2.26. The highest BCUT2D eigenvalue weighted by Crippen LogP contribution is 2.48. The summed E-state index contributed by atoms with van der Waals surface area (Å²) >= 11 is 6.04. The summed E-state index contributed by atoms with van der Waals surface area (Å²) in [6.07, 6.45) is 4.65. The maximum absolute atomic E-state index is 12.5. The molecule has 4 nitrogen and oxygen atoms in total. The van der Waals surface area contributed by atoms with Crippen LogP contribution in [0.4, 0.5) is 5.69 Å². The topological polar surface area (TPSA) is 66.4 Å². The van der Waals surface area contributed by atoms with Crippen LogP contribution in [0.15, 0.2) is 30.4 Å². The fraction of sp³-hybridized carbons (Fsp3) is 0.375. The Balaban J connectivity index is 1.80. The van der Waals surface area contributed by atoms with Crippen LogP contribution in [-0.2, 0) is 9.59 Å². The van der Waals surface area contributed by atoms with Gasteiger partial charge < -0.3 is 10.4 Å². The van der Waals surface area contributed by atoms with Gasteiger partial charge in [0.05, 0.1) is 11.8 Å². The van der Waals surface area contributed by atoms with E-state index in [0.29, 0.717) is 10.7 Å². The van der Waals surface area contributed by atoms with Gasteiger partial charge in [-0.2, -0.15) is 0 Å². The van der Waals surface area contributed by atoms with Gasteiger partial charge in [0.25, 0.3) is 0 Å². The molecule has 5 heteroatoms. The number of carboxylic acid groups (broad SMARTS) is 1. The predicted molar refractivity (Wildman–Crippen MR) is 80.2 cm³/mol. The normalized spacial score (nSPS) is 29.6. The summed E-state index contributed by atoms with van der Waals surface area (Å²) in [4.78, 5) is 23.9. The van der Waals surface area contributed by atoms with Crippen molar-refractivity contribution in [3.63, 3.8) is 0 Å². The molecule has 2 N–H and O–H groups in total. The summed E-state index contributed by atoms with van der Waals surface area (Å²) in [5, 5.41) is 12.7. The van der Waals surface area contributed by atoms with E-state index in [1.54, 1.807) is 12.1 Å². The Morgan fingerprint density at radius 2 is 1.90 bits per heavy atom. The van der Waals surface area contributed by atoms with Gasteiger partial charge >= 0.3 is 5.97 Å². The number of fused-ring (bicyclic) bond motifs is 2. The molecular formula is C16H16ClNO3. The second kappa shape index (κ2) is 5.19. The number of hydrogen-bond donors (Lipinski definition) is 2. The quantitative estimate of drug-likeness (QED) is 0.843. The number of hydrogen-bond acceptors (Lipinski definition) is 2. The smallest absolute Gasteiger partial charge is 0.307 e. The summed E-state index contributed by atoms with van der Waals surface area (Å²) in [6.45, 7) is 1.88. The van der Waals surface area contributed by atoms with E-state index in [-0.39, 0.29) is 17.7 Å². The molecule has 0 unspecified atom stereocenters. The molecule has 2 aliphatic carbocycles. The third kappa shape index (κ3) is 2.44. The molecule has 110 valence electrons. The number of halogens is 1. The van der Waals surface area contributed by atoms with Crippen molar-refractivity contribution in [1.82, 2.24) is 0 Å². The number of rotatable bonds is 3. The Bertz CT molecular complexity index is 640. The highest BCUT2D eigenvalue weighted by Gasteiger charge is 2.51. The van der Waals surface area contributed by atoms with Crippen LogP contribution in [0.3, 0.4) is 0 Å². The molecule has 4 atom stereocenters. The van der Waals surface area contributed by atoms with Crippen molar-refractivity contribution in [2.75, 3.05) is 5.32 Å². The van der Waals surface area contributed by atoms with Crippen molar-refractivity contribution in [3.05, 3.63) is 40.9 Å². The number of amides is 1. The largest absolute Gasteiger partial charge is 0.481 e. The molecule has 0 aromatic heterocycles. The van der Waals surface area contributed by atoms with Gasteiger partial charge in [-0.25, -0.2) is 0 Å². The second-order valence-corrected chi connectivity index (χ2v) is 6.20. The minimum atomic E-state index is -0.895. The molecule has 0 radical (unpaired) electrons. The molecular weight excluding hydrogens is 290 g/mol. The highest BCUT2D eigenvalue weighted by molar-refractivity contribution is 6.31. The lowest BCUT2D eigenvalue weighted by Gasteiger charge is -2.23. The van der Waals surface area contributed by atoms with Crippen LogP contribution >= 0.6 is 11.6 Å². The summed E-state index contributed by atoms with van der Waals surface area (Å²) in [7, 11) is 0. The number of aliphatic carboxylic acids is 1. The van der Waals surface area contributed by atoms with Crippen LogP contribution in [0.25, 0.3) is 0 Å². The van der Waals surface area contributed by atoms with Gasteiger partial charge in [-0.05, 0) is 42.9 Å². The first-order chi connectivity index (χ1) is 9.97. The number of carbonyl (C=O) groups is 2. The molecule has 1 aromatic rings. The number of allylic oxidation sites excluding steroid dienone is 2. The van der Waals surface area contributed by atoms with Gasteiger partial charge in [0.2, 0.25) is 5.91 Å². The third-order valence-corrected chi connectivity index (χ3v) is 4.89. The molecule has 3 rings (SSSR count). The van der Waals surface area contributed by atoms with E-state index < -0.39 is 17.8 Å². The molecule has 0 spiro atoms. The maximum atomic E-state index is 12.5.